The van der Waals surface area contributed by atoms with Crippen molar-refractivity contribution in [1.29, 1.82) is 0 Å². The van der Waals surface area contributed by atoms with Gasteiger partial charge in [-0.25, -0.2) is 9.97 Å². The normalized spacial score (nSPS) is 16.8. The van der Waals surface area contributed by atoms with E-state index < -0.39 is 0 Å². The highest BCUT2D eigenvalue weighted by Crippen LogP contribution is 2.25. The molecule has 0 aliphatic carbocycles. The van der Waals surface area contributed by atoms with Gasteiger partial charge in [0.1, 0.15) is 11.5 Å². The molecule has 1 amide bonds. The summed E-state index contributed by atoms with van der Waals surface area (Å²) in [4.78, 5) is 20.5. The van der Waals surface area contributed by atoms with Crippen molar-refractivity contribution >= 4 is 29.0 Å². The van der Waals surface area contributed by atoms with E-state index >= 15 is 0 Å². The van der Waals surface area contributed by atoms with Crippen LogP contribution in [0.2, 0.25) is 5.02 Å². The first-order chi connectivity index (χ1) is 11.6. The fourth-order valence-corrected chi connectivity index (χ4v) is 2.67. The molecule has 0 radical (unpaired) electrons. The van der Waals surface area contributed by atoms with E-state index in [1.807, 2.05) is 25.1 Å². The van der Waals surface area contributed by atoms with Crippen molar-refractivity contribution in [3.63, 3.8) is 0 Å². The number of ether oxygens (including phenoxy) is 1. The monoisotopic (exact) mass is 346 g/mol. The molecular weight excluding hydrogens is 328 g/mol. The first kappa shape index (κ1) is 16.7. The molecule has 1 aromatic heterocycles. The Balaban J connectivity index is 1.60. The second-order valence-corrected chi connectivity index (χ2v) is 6.08. The van der Waals surface area contributed by atoms with Crippen molar-refractivity contribution in [1.82, 2.24) is 15.3 Å². The summed E-state index contributed by atoms with van der Waals surface area (Å²) in [6.07, 6.45) is 5.11. The minimum absolute atomic E-state index is 0.105. The van der Waals surface area contributed by atoms with Crippen molar-refractivity contribution in [2.75, 3.05) is 18.5 Å². The number of hydrogen-bond acceptors (Lipinski definition) is 5. The topological polar surface area (TPSA) is 76.1 Å². The zero-order valence-corrected chi connectivity index (χ0v) is 14.1. The highest BCUT2D eigenvalue weighted by atomic mass is 35.5. The summed E-state index contributed by atoms with van der Waals surface area (Å²) in [5.41, 5.74) is 2.06. The average Bonchev–Trinajstić information content (AvgIpc) is 3.11. The predicted molar refractivity (Wildman–Crippen MR) is 92.8 cm³/mol. The summed E-state index contributed by atoms with van der Waals surface area (Å²) in [6.45, 7) is 3.19. The lowest BCUT2D eigenvalue weighted by molar-refractivity contribution is 0.0853. The third-order valence-electron chi connectivity index (χ3n) is 3.93. The molecule has 2 aromatic rings. The van der Waals surface area contributed by atoms with Crippen LogP contribution in [0.25, 0.3) is 0 Å². The molecular formula is C17H19ClN4O2. The lowest BCUT2D eigenvalue weighted by Crippen LogP contribution is -2.32. The summed E-state index contributed by atoms with van der Waals surface area (Å²) in [5.74, 6) is 0.305. The molecule has 7 heteroatoms. The number of hydrogen-bond donors (Lipinski definition) is 2. The van der Waals surface area contributed by atoms with Crippen molar-refractivity contribution in [3.8, 4) is 0 Å². The molecule has 1 aliphatic heterocycles. The van der Waals surface area contributed by atoms with Crippen molar-refractivity contribution in [3.05, 3.63) is 46.9 Å². The first-order valence-corrected chi connectivity index (χ1v) is 8.25. The smallest absolute Gasteiger partial charge is 0.271 e. The van der Waals surface area contributed by atoms with Gasteiger partial charge in [-0.3, -0.25) is 4.79 Å². The van der Waals surface area contributed by atoms with Crippen LogP contribution in [0.1, 0.15) is 28.9 Å². The maximum Gasteiger partial charge on any atom is 0.271 e. The molecule has 0 spiro atoms. The molecule has 6 nitrogen and oxygen atoms in total. The minimum Gasteiger partial charge on any atom is -0.376 e. The second kappa shape index (κ2) is 7.59. The lowest BCUT2D eigenvalue weighted by Gasteiger charge is -2.11. The first-order valence-electron chi connectivity index (χ1n) is 7.87. The molecule has 1 aromatic carbocycles. The van der Waals surface area contributed by atoms with Gasteiger partial charge >= 0.3 is 0 Å². The number of halogens is 1. The molecule has 1 aliphatic rings. The maximum absolute atomic E-state index is 12.1. The van der Waals surface area contributed by atoms with Crippen LogP contribution in [-0.2, 0) is 4.74 Å². The van der Waals surface area contributed by atoms with E-state index in [2.05, 4.69) is 20.6 Å². The minimum atomic E-state index is -0.247. The number of amides is 1. The fraction of sp³-hybridized carbons (Fsp3) is 0.353. The zero-order valence-electron chi connectivity index (χ0n) is 13.4. The molecule has 3 rings (SSSR count). The number of nitrogens with one attached hydrogen (secondary N) is 2. The van der Waals surface area contributed by atoms with E-state index in [0.29, 0.717) is 17.4 Å². The van der Waals surface area contributed by atoms with Crippen molar-refractivity contribution in [2.24, 2.45) is 0 Å². The average molecular weight is 347 g/mol. The maximum atomic E-state index is 12.1. The summed E-state index contributed by atoms with van der Waals surface area (Å²) in [7, 11) is 0. The highest BCUT2D eigenvalue weighted by molar-refractivity contribution is 6.31. The van der Waals surface area contributed by atoms with Crippen LogP contribution >= 0.6 is 11.6 Å². The second-order valence-electron chi connectivity index (χ2n) is 5.67. The van der Waals surface area contributed by atoms with E-state index in [1.54, 1.807) is 0 Å². The van der Waals surface area contributed by atoms with Gasteiger partial charge in [-0.2, -0.15) is 0 Å². The lowest BCUT2D eigenvalue weighted by atomic mass is 10.2. The number of rotatable bonds is 5. The Kier molecular flexibility index (Phi) is 5.27. The molecule has 0 bridgehead atoms. The van der Waals surface area contributed by atoms with Crippen molar-refractivity contribution < 1.29 is 9.53 Å². The molecule has 1 unspecified atom stereocenters. The number of anilines is 2. The molecule has 0 saturated carbocycles. The van der Waals surface area contributed by atoms with Gasteiger partial charge in [-0.1, -0.05) is 17.7 Å². The van der Waals surface area contributed by atoms with Gasteiger partial charge in [-0.15, -0.1) is 0 Å². The summed E-state index contributed by atoms with van der Waals surface area (Å²) >= 11 is 6.10. The van der Waals surface area contributed by atoms with Crippen LogP contribution in [0, 0.1) is 6.92 Å². The molecule has 1 atom stereocenters. The Morgan fingerprint density at radius 2 is 2.25 bits per heavy atom. The zero-order chi connectivity index (χ0) is 16.9. The van der Waals surface area contributed by atoms with Gasteiger partial charge in [0, 0.05) is 23.9 Å². The highest BCUT2D eigenvalue weighted by Gasteiger charge is 2.17. The standard InChI is InChI=1S/C17H19ClN4O2/c1-11-13(18)5-2-6-14(11)22-16-10-19-15(9-20-16)17(23)21-8-12-4-3-7-24-12/h2,5-6,9-10,12H,3-4,7-8H2,1H3,(H,20,22)(H,21,23). The molecule has 1 saturated heterocycles. The van der Waals surface area contributed by atoms with Gasteiger partial charge < -0.3 is 15.4 Å². The van der Waals surface area contributed by atoms with Gasteiger partial charge in [-0.05, 0) is 37.5 Å². The number of benzene rings is 1. The Morgan fingerprint density at radius 1 is 1.38 bits per heavy atom. The molecule has 126 valence electrons. The number of nitrogens with zero attached hydrogens (tertiary/aromatic N) is 2. The Bertz CT molecular complexity index is 715. The van der Waals surface area contributed by atoms with Crippen LogP contribution in [-0.4, -0.2) is 35.1 Å². The summed E-state index contributed by atoms with van der Waals surface area (Å²) < 4.78 is 5.47. The van der Waals surface area contributed by atoms with Gasteiger partial charge in [0.15, 0.2) is 0 Å². The number of carbonyl (C=O) groups is 1. The van der Waals surface area contributed by atoms with E-state index in [1.165, 1.54) is 12.4 Å². The third kappa shape index (κ3) is 4.01. The van der Waals surface area contributed by atoms with Crippen LogP contribution in [0.5, 0.6) is 0 Å². The van der Waals surface area contributed by atoms with Crippen LogP contribution in [0.4, 0.5) is 11.5 Å². The van der Waals surface area contributed by atoms with Gasteiger partial charge in [0.05, 0.1) is 18.5 Å². The quantitative estimate of drug-likeness (QED) is 0.870. The van der Waals surface area contributed by atoms with Crippen LogP contribution in [0.3, 0.4) is 0 Å². The van der Waals surface area contributed by atoms with Gasteiger partial charge in [0.2, 0.25) is 0 Å². The number of carbonyl (C=O) groups excluding carboxylic acids is 1. The van der Waals surface area contributed by atoms with Crippen molar-refractivity contribution in [2.45, 2.75) is 25.9 Å². The predicted octanol–water partition coefficient (Wildman–Crippen LogP) is 3.09. The molecule has 2 heterocycles. The van der Waals surface area contributed by atoms with E-state index in [9.17, 15) is 4.79 Å². The molecule has 1 fully saturated rings. The van der Waals surface area contributed by atoms with Crippen LogP contribution < -0.4 is 10.6 Å². The van der Waals surface area contributed by atoms with Gasteiger partial charge in [0.25, 0.3) is 5.91 Å². The Morgan fingerprint density at radius 3 is 2.96 bits per heavy atom. The van der Waals surface area contributed by atoms with Crippen LogP contribution in [0.15, 0.2) is 30.6 Å². The van der Waals surface area contributed by atoms with E-state index in [-0.39, 0.29) is 17.7 Å². The SMILES string of the molecule is Cc1c(Cl)cccc1Nc1cnc(C(=O)NCC2CCCO2)cn1. The molecule has 2 N–H and O–H groups in total. The third-order valence-corrected chi connectivity index (χ3v) is 4.34. The Hall–Kier alpha value is -2.18. The molecule has 24 heavy (non-hydrogen) atoms. The Labute approximate surface area is 145 Å². The number of aromatic nitrogens is 2. The van der Waals surface area contributed by atoms with E-state index in [0.717, 1.165) is 30.7 Å². The fourth-order valence-electron chi connectivity index (χ4n) is 2.49. The largest absolute Gasteiger partial charge is 0.376 e. The summed E-state index contributed by atoms with van der Waals surface area (Å²) in [6, 6.07) is 5.60. The van der Waals surface area contributed by atoms with E-state index in [4.69, 9.17) is 16.3 Å². The summed E-state index contributed by atoms with van der Waals surface area (Å²) in [5, 5.41) is 6.65.